The third kappa shape index (κ3) is 4.21. The van der Waals surface area contributed by atoms with Crippen molar-refractivity contribution in [1.29, 1.82) is 0 Å². The van der Waals surface area contributed by atoms with Crippen LogP contribution >= 0.6 is 23.2 Å². The highest BCUT2D eigenvalue weighted by Gasteiger charge is 2.04. The van der Waals surface area contributed by atoms with E-state index in [0.717, 1.165) is 25.1 Å². The SMILES string of the molecule is CCCCNc1nncc(Nc2ccc(Cl)cc2Cl)n1. The van der Waals surface area contributed by atoms with Crippen molar-refractivity contribution in [3.63, 3.8) is 0 Å². The van der Waals surface area contributed by atoms with Crippen LogP contribution in [0.4, 0.5) is 17.5 Å². The van der Waals surface area contributed by atoms with Gasteiger partial charge in [-0.2, -0.15) is 10.1 Å². The molecule has 106 valence electrons. The van der Waals surface area contributed by atoms with Gasteiger partial charge in [-0.15, -0.1) is 5.10 Å². The van der Waals surface area contributed by atoms with Crippen molar-refractivity contribution in [2.75, 3.05) is 17.2 Å². The van der Waals surface area contributed by atoms with E-state index in [0.29, 0.717) is 21.8 Å². The van der Waals surface area contributed by atoms with E-state index in [-0.39, 0.29) is 0 Å². The van der Waals surface area contributed by atoms with Gasteiger partial charge in [-0.1, -0.05) is 36.5 Å². The van der Waals surface area contributed by atoms with Gasteiger partial charge in [0.05, 0.1) is 16.9 Å². The third-order valence-electron chi connectivity index (χ3n) is 2.57. The Hall–Kier alpha value is -1.59. The molecule has 1 aromatic carbocycles. The second-order valence-corrected chi connectivity index (χ2v) is 5.04. The van der Waals surface area contributed by atoms with Gasteiger partial charge in [0.1, 0.15) is 0 Å². The van der Waals surface area contributed by atoms with E-state index >= 15 is 0 Å². The lowest BCUT2D eigenvalue weighted by Gasteiger charge is -2.09. The molecule has 0 saturated carbocycles. The average Bonchev–Trinajstić information content (AvgIpc) is 2.43. The van der Waals surface area contributed by atoms with Crippen LogP contribution in [0.15, 0.2) is 24.4 Å². The number of anilines is 3. The monoisotopic (exact) mass is 311 g/mol. The van der Waals surface area contributed by atoms with Gasteiger partial charge < -0.3 is 10.6 Å². The molecular weight excluding hydrogens is 297 g/mol. The van der Waals surface area contributed by atoms with Crippen molar-refractivity contribution in [1.82, 2.24) is 15.2 Å². The van der Waals surface area contributed by atoms with E-state index in [2.05, 4.69) is 32.7 Å². The van der Waals surface area contributed by atoms with Crippen molar-refractivity contribution in [3.05, 3.63) is 34.4 Å². The zero-order chi connectivity index (χ0) is 14.4. The van der Waals surface area contributed by atoms with Gasteiger partial charge in [-0.25, -0.2) is 0 Å². The summed E-state index contributed by atoms with van der Waals surface area (Å²) in [6, 6.07) is 5.21. The molecule has 20 heavy (non-hydrogen) atoms. The molecule has 1 aromatic heterocycles. The number of benzene rings is 1. The number of nitrogens with zero attached hydrogens (tertiary/aromatic N) is 3. The molecule has 7 heteroatoms. The molecular formula is C13H15Cl2N5. The summed E-state index contributed by atoms with van der Waals surface area (Å²) in [5.74, 6) is 1.07. The number of unbranched alkanes of at least 4 members (excludes halogenated alkanes) is 1. The summed E-state index contributed by atoms with van der Waals surface area (Å²) in [6.07, 6.45) is 3.71. The molecule has 0 spiro atoms. The molecule has 0 atom stereocenters. The molecule has 2 rings (SSSR count). The number of rotatable bonds is 6. The Labute approximate surface area is 127 Å². The summed E-state index contributed by atoms with van der Waals surface area (Å²) in [7, 11) is 0. The van der Waals surface area contributed by atoms with Gasteiger partial charge in [-0.05, 0) is 24.6 Å². The maximum Gasteiger partial charge on any atom is 0.244 e. The first-order chi connectivity index (χ1) is 9.69. The van der Waals surface area contributed by atoms with Crippen molar-refractivity contribution in [3.8, 4) is 0 Å². The highest BCUT2D eigenvalue weighted by molar-refractivity contribution is 6.36. The highest BCUT2D eigenvalue weighted by atomic mass is 35.5. The average molecular weight is 312 g/mol. The van der Waals surface area contributed by atoms with Gasteiger partial charge in [0, 0.05) is 11.6 Å². The standard InChI is InChI=1S/C13H15Cl2N5/c1-2-3-6-16-13-19-12(8-17-20-13)18-11-5-4-9(14)7-10(11)15/h4-5,7-8H,2-3,6H2,1H3,(H2,16,18,19,20). The topological polar surface area (TPSA) is 62.7 Å². The van der Waals surface area contributed by atoms with Crippen molar-refractivity contribution in [2.24, 2.45) is 0 Å². The van der Waals surface area contributed by atoms with Gasteiger partial charge in [0.15, 0.2) is 5.82 Å². The lowest BCUT2D eigenvalue weighted by molar-refractivity contribution is 0.819. The lowest BCUT2D eigenvalue weighted by Crippen LogP contribution is -2.07. The lowest BCUT2D eigenvalue weighted by atomic mass is 10.3. The summed E-state index contributed by atoms with van der Waals surface area (Å²) in [6.45, 7) is 2.95. The van der Waals surface area contributed by atoms with E-state index in [4.69, 9.17) is 23.2 Å². The van der Waals surface area contributed by atoms with Crippen LogP contribution < -0.4 is 10.6 Å². The first kappa shape index (κ1) is 14.8. The van der Waals surface area contributed by atoms with Gasteiger partial charge in [-0.3, -0.25) is 0 Å². The smallest absolute Gasteiger partial charge is 0.244 e. The minimum absolute atomic E-state index is 0.494. The molecule has 0 aliphatic heterocycles. The molecule has 0 fully saturated rings. The third-order valence-corrected chi connectivity index (χ3v) is 3.11. The minimum atomic E-state index is 0.494. The Bertz CT molecular complexity index is 576. The van der Waals surface area contributed by atoms with Gasteiger partial charge in [0.2, 0.25) is 5.95 Å². The van der Waals surface area contributed by atoms with E-state index in [1.807, 2.05) is 0 Å². The first-order valence-electron chi connectivity index (χ1n) is 6.34. The second kappa shape index (κ2) is 7.26. The number of hydrogen-bond acceptors (Lipinski definition) is 5. The van der Waals surface area contributed by atoms with Crippen LogP contribution in [-0.4, -0.2) is 21.7 Å². The first-order valence-corrected chi connectivity index (χ1v) is 7.10. The number of hydrogen-bond donors (Lipinski definition) is 2. The van der Waals surface area contributed by atoms with Crippen molar-refractivity contribution >= 4 is 40.7 Å². The Morgan fingerprint density at radius 2 is 2.10 bits per heavy atom. The quantitative estimate of drug-likeness (QED) is 0.785. The fourth-order valence-corrected chi connectivity index (χ4v) is 2.00. The summed E-state index contributed by atoms with van der Waals surface area (Å²) in [4.78, 5) is 4.32. The molecule has 2 aromatic rings. The second-order valence-electron chi connectivity index (χ2n) is 4.19. The molecule has 0 radical (unpaired) electrons. The van der Waals surface area contributed by atoms with Crippen LogP contribution in [0, 0.1) is 0 Å². The maximum atomic E-state index is 6.10. The van der Waals surface area contributed by atoms with Crippen LogP contribution in [0.25, 0.3) is 0 Å². The van der Waals surface area contributed by atoms with E-state index in [9.17, 15) is 0 Å². The highest BCUT2D eigenvalue weighted by Crippen LogP contribution is 2.27. The molecule has 0 amide bonds. The van der Waals surface area contributed by atoms with Crippen molar-refractivity contribution in [2.45, 2.75) is 19.8 Å². The summed E-state index contributed by atoms with van der Waals surface area (Å²) in [5, 5.41) is 15.1. The zero-order valence-electron chi connectivity index (χ0n) is 11.0. The number of nitrogens with one attached hydrogen (secondary N) is 2. The molecule has 5 nitrogen and oxygen atoms in total. The van der Waals surface area contributed by atoms with Crippen LogP contribution in [0.2, 0.25) is 10.0 Å². The predicted molar refractivity (Wildman–Crippen MR) is 83.0 cm³/mol. The van der Waals surface area contributed by atoms with Crippen LogP contribution in [0.5, 0.6) is 0 Å². The number of halogens is 2. The van der Waals surface area contributed by atoms with E-state index < -0.39 is 0 Å². The van der Waals surface area contributed by atoms with Gasteiger partial charge in [0.25, 0.3) is 0 Å². The van der Waals surface area contributed by atoms with Crippen LogP contribution in [0.3, 0.4) is 0 Å². The minimum Gasteiger partial charge on any atom is -0.353 e. The molecule has 0 aliphatic carbocycles. The summed E-state index contributed by atoms with van der Waals surface area (Å²) in [5.41, 5.74) is 0.719. The fourth-order valence-electron chi connectivity index (χ4n) is 1.54. The normalized spacial score (nSPS) is 10.3. The molecule has 0 bridgehead atoms. The van der Waals surface area contributed by atoms with E-state index in [1.165, 1.54) is 6.20 Å². The maximum absolute atomic E-state index is 6.10. The molecule has 0 aliphatic rings. The largest absolute Gasteiger partial charge is 0.353 e. The Balaban J connectivity index is 2.07. The zero-order valence-corrected chi connectivity index (χ0v) is 12.5. The molecule has 0 unspecified atom stereocenters. The Morgan fingerprint density at radius 3 is 2.85 bits per heavy atom. The Morgan fingerprint density at radius 1 is 1.25 bits per heavy atom. The fraction of sp³-hybridized carbons (Fsp3) is 0.308. The van der Waals surface area contributed by atoms with E-state index in [1.54, 1.807) is 18.2 Å². The molecule has 0 saturated heterocycles. The number of aromatic nitrogens is 3. The van der Waals surface area contributed by atoms with Crippen LogP contribution in [0.1, 0.15) is 19.8 Å². The van der Waals surface area contributed by atoms with Crippen LogP contribution in [-0.2, 0) is 0 Å². The molecule has 2 N–H and O–H groups in total. The van der Waals surface area contributed by atoms with Crippen molar-refractivity contribution < 1.29 is 0 Å². The predicted octanol–water partition coefficient (Wildman–Crippen LogP) is 4.13. The summed E-state index contributed by atoms with van der Waals surface area (Å²) < 4.78 is 0. The molecule has 1 heterocycles. The Kier molecular flexibility index (Phi) is 5.38. The van der Waals surface area contributed by atoms with Gasteiger partial charge >= 0.3 is 0 Å². The summed E-state index contributed by atoms with van der Waals surface area (Å²) >= 11 is 12.0.